The Morgan fingerprint density at radius 1 is 0.681 bits per heavy atom. The standard InChI is InChI=1S/C40H41FN4O2/c1-26(20-23-42-35-17-7-11-28-12-10-22-43-38(28)35)29-14-8-16-33(40(29)47-4)31-21-24-44-39-32(31)15-9-18-36(39)45-25-34(41)27(2)30-13-5-6-19-37(30)46-3/h5-19,21-22,24,26-27,34,42,45H,20,23,25H2,1-4H3. The summed E-state index contributed by atoms with van der Waals surface area (Å²) in [6.07, 6.45) is 3.42. The number of benzene rings is 4. The highest BCUT2D eigenvalue weighted by Crippen LogP contribution is 2.41. The number of aromatic nitrogens is 2. The van der Waals surface area contributed by atoms with Gasteiger partial charge in [0.1, 0.15) is 17.7 Å². The van der Waals surface area contributed by atoms with Crippen LogP contribution in [-0.4, -0.2) is 43.4 Å². The molecule has 6 rings (SSSR count). The van der Waals surface area contributed by atoms with Crippen molar-refractivity contribution in [2.45, 2.75) is 38.3 Å². The molecule has 0 aliphatic carbocycles. The van der Waals surface area contributed by atoms with Crippen LogP contribution in [0.5, 0.6) is 11.5 Å². The van der Waals surface area contributed by atoms with E-state index in [9.17, 15) is 0 Å². The van der Waals surface area contributed by atoms with Gasteiger partial charge in [0, 0.05) is 47.7 Å². The SMILES string of the molecule is COc1ccccc1C(C)C(F)CNc1cccc2c(-c3cccc(C(C)CCNc4cccc5cccnc45)c3OC)ccnc12. The van der Waals surface area contributed by atoms with Gasteiger partial charge in [-0.05, 0) is 59.4 Å². The van der Waals surface area contributed by atoms with Crippen LogP contribution in [0, 0.1) is 0 Å². The first-order valence-electron chi connectivity index (χ1n) is 16.1. The van der Waals surface area contributed by atoms with Crippen molar-refractivity contribution >= 4 is 33.2 Å². The summed E-state index contributed by atoms with van der Waals surface area (Å²) in [4.78, 5) is 9.29. The molecule has 0 aliphatic rings. The first kappa shape index (κ1) is 31.8. The van der Waals surface area contributed by atoms with Crippen LogP contribution >= 0.6 is 0 Å². The summed E-state index contributed by atoms with van der Waals surface area (Å²) in [6.45, 7) is 5.06. The minimum atomic E-state index is -1.13. The molecule has 4 aromatic carbocycles. The zero-order valence-corrected chi connectivity index (χ0v) is 27.3. The lowest BCUT2D eigenvalue weighted by Gasteiger charge is -2.21. The maximum Gasteiger partial charge on any atom is 0.130 e. The Balaban J connectivity index is 1.21. The second-order valence-corrected chi connectivity index (χ2v) is 11.9. The molecular weight excluding hydrogens is 587 g/mol. The van der Waals surface area contributed by atoms with E-state index in [0.717, 1.165) is 74.1 Å². The number of rotatable bonds is 13. The minimum absolute atomic E-state index is 0.142. The molecule has 3 unspecified atom stereocenters. The molecule has 2 heterocycles. The first-order valence-corrected chi connectivity index (χ1v) is 16.1. The third kappa shape index (κ3) is 6.70. The highest BCUT2D eigenvalue weighted by Gasteiger charge is 2.22. The smallest absolute Gasteiger partial charge is 0.130 e. The number of anilines is 2. The summed E-state index contributed by atoms with van der Waals surface area (Å²) in [5.41, 5.74) is 7.61. The molecular formula is C40H41FN4O2. The zero-order chi connectivity index (χ0) is 32.8. The summed E-state index contributed by atoms with van der Waals surface area (Å²) >= 11 is 0. The number of nitrogens with zero attached hydrogens (tertiary/aromatic N) is 2. The van der Waals surface area contributed by atoms with Crippen molar-refractivity contribution in [1.82, 2.24) is 9.97 Å². The van der Waals surface area contributed by atoms with Gasteiger partial charge in [0.15, 0.2) is 0 Å². The first-order chi connectivity index (χ1) is 23.0. The van der Waals surface area contributed by atoms with Crippen molar-refractivity contribution < 1.29 is 13.9 Å². The summed E-state index contributed by atoms with van der Waals surface area (Å²) < 4.78 is 27.1. The molecule has 0 spiro atoms. The Kier molecular flexibility index (Phi) is 9.81. The molecule has 0 aliphatic heterocycles. The van der Waals surface area contributed by atoms with Gasteiger partial charge in [-0.2, -0.15) is 0 Å². The fourth-order valence-corrected chi connectivity index (χ4v) is 6.38. The van der Waals surface area contributed by atoms with Crippen LogP contribution in [0.2, 0.25) is 0 Å². The van der Waals surface area contributed by atoms with Crippen molar-refractivity contribution in [2.24, 2.45) is 0 Å². The quantitative estimate of drug-likeness (QED) is 0.133. The van der Waals surface area contributed by atoms with E-state index in [1.54, 1.807) is 14.2 Å². The fourth-order valence-electron chi connectivity index (χ4n) is 6.38. The number of hydrogen-bond acceptors (Lipinski definition) is 6. The number of halogens is 1. The van der Waals surface area contributed by atoms with E-state index in [4.69, 9.17) is 14.5 Å². The predicted molar refractivity (Wildman–Crippen MR) is 192 cm³/mol. The number of methoxy groups -OCH3 is 2. The van der Waals surface area contributed by atoms with Crippen LogP contribution in [0.1, 0.15) is 43.2 Å². The number of para-hydroxylation sites is 4. The molecule has 47 heavy (non-hydrogen) atoms. The van der Waals surface area contributed by atoms with Crippen LogP contribution in [0.25, 0.3) is 32.9 Å². The molecule has 3 atom stereocenters. The van der Waals surface area contributed by atoms with Gasteiger partial charge < -0.3 is 20.1 Å². The normalized spacial score (nSPS) is 13.2. The van der Waals surface area contributed by atoms with Gasteiger partial charge in [-0.25, -0.2) is 4.39 Å². The molecule has 0 amide bonds. The average molecular weight is 629 g/mol. The number of hydrogen-bond donors (Lipinski definition) is 2. The van der Waals surface area contributed by atoms with Gasteiger partial charge >= 0.3 is 0 Å². The van der Waals surface area contributed by atoms with E-state index in [-0.39, 0.29) is 18.4 Å². The van der Waals surface area contributed by atoms with Gasteiger partial charge in [-0.15, -0.1) is 0 Å². The van der Waals surface area contributed by atoms with Crippen LogP contribution in [0.3, 0.4) is 0 Å². The summed E-state index contributed by atoms with van der Waals surface area (Å²) in [7, 11) is 3.35. The Bertz CT molecular complexity index is 1980. The summed E-state index contributed by atoms with van der Waals surface area (Å²) in [5, 5.41) is 9.02. The van der Waals surface area contributed by atoms with Crippen molar-refractivity contribution in [3.8, 4) is 22.6 Å². The monoisotopic (exact) mass is 628 g/mol. The van der Waals surface area contributed by atoms with E-state index in [1.165, 1.54) is 0 Å². The van der Waals surface area contributed by atoms with Crippen LogP contribution in [-0.2, 0) is 0 Å². The third-order valence-electron chi connectivity index (χ3n) is 9.03. The molecule has 0 radical (unpaired) electrons. The van der Waals surface area contributed by atoms with Gasteiger partial charge in [0.2, 0.25) is 0 Å². The third-order valence-corrected chi connectivity index (χ3v) is 9.03. The second-order valence-electron chi connectivity index (χ2n) is 11.9. The highest BCUT2D eigenvalue weighted by atomic mass is 19.1. The minimum Gasteiger partial charge on any atom is -0.496 e. The number of ether oxygens (including phenoxy) is 2. The van der Waals surface area contributed by atoms with Gasteiger partial charge in [-0.1, -0.05) is 80.6 Å². The Morgan fingerprint density at radius 2 is 1.40 bits per heavy atom. The predicted octanol–water partition coefficient (Wildman–Crippen LogP) is 9.63. The topological polar surface area (TPSA) is 68.3 Å². The van der Waals surface area contributed by atoms with Crippen molar-refractivity contribution in [3.63, 3.8) is 0 Å². The van der Waals surface area contributed by atoms with E-state index in [1.807, 2.05) is 67.8 Å². The van der Waals surface area contributed by atoms with Crippen LogP contribution < -0.4 is 20.1 Å². The van der Waals surface area contributed by atoms with Crippen molar-refractivity contribution in [1.29, 1.82) is 0 Å². The molecule has 0 bridgehead atoms. The molecule has 6 nitrogen and oxygen atoms in total. The Hall–Kier alpha value is -5.17. The van der Waals surface area contributed by atoms with E-state index >= 15 is 4.39 Å². The summed E-state index contributed by atoms with van der Waals surface area (Å²) in [6, 6.07) is 32.2. The zero-order valence-electron chi connectivity index (χ0n) is 27.3. The van der Waals surface area contributed by atoms with Crippen LogP contribution in [0.4, 0.5) is 15.8 Å². The molecule has 2 aromatic heterocycles. The largest absolute Gasteiger partial charge is 0.496 e. The highest BCUT2D eigenvalue weighted by molar-refractivity contribution is 6.01. The van der Waals surface area contributed by atoms with E-state index in [0.29, 0.717) is 5.75 Å². The van der Waals surface area contributed by atoms with Gasteiger partial charge in [0.25, 0.3) is 0 Å². The second kappa shape index (κ2) is 14.5. The number of alkyl halides is 1. The van der Waals surface area contributed by atoms with Gasteiger partial charge in [0.05, 0.1) is 36.6 Å². The van der Waals surface area contributed by atoms with Crippen molar-refractivity contribution in [2.75, 3.05) is 37.9 Å². The summed E-state index contributed by atoms with van der Waals surface area (Å²) in [5.74, 6) is 1.44. The molecule has 0 saturated heterocycles. The molecule has 240 valence electrons. The number of pyridine rings is 2. The molecule has 0 fully saturated rings. The average Bonchev–Trinajstić information content (AvgIpc) is 3.12. The van der Waals surface area contributed by atoms with E-state index < -0.39 is 6.17 Å². The molecule has 0 saturated carbocycles. The maximum atomic E-state index is 15.5. The lowest BCUT2D eigenvalue weighted by molar-refractivity contribution is 0.299. The Labute approximate surface area is 276 Å². The fraction of sp³-hybridized carbons (Fsp3) is 0.250. The van der Waals surface area contributed by atoms with Crippen molar-refractivity contribution in [3.05, 3.63) is 121 Å². The lowest BCUT2D eigenvalue weighted by atomic mass is 9.91. The number of fused-ring (bicyclic) bond motifs is 2. The van der Waals surface area contributed by atoms with E-state index in [2.05, 4.69) is 71.1 Å². The molecule has 6 aromatic rings. The maximum absolute atomic E-state index is 15.5. The van der Waals surface area contributed by atoms with Crippen LogP contribution in [0.15, 0.2) is 109 Å². The van der Waals surface area contributed by atoms with Gasteiger partial charge in [-0.3, -0.25) is 9.97 Å². The number of nitrogens with one attached hydrogen (secondary N) is 2. The lowest BCUT2D eigenvalue weighted by Crippen LogP contribution is -2.22. The molecule has 2 N–H and O–H groups in total. The Morgan fingerprint density at radius 3 is 2.23 bits per heavy atom. The molecule has 7 heteroatoms.